The third kappa shape index (κ3) is 4.40. The molecule has 0 radical (unpaired) electrons. The molecule has 0 aromatic heterocycles. The summed E-state index contributed by atoms with van der Waals surface area (Å²) < 4.78 is 32.4. The van der Waals surface area contributed by atoms with Crippen LogP contribution in [0.15, 0.2) is 24.3 Å². The van der Waals surface area contributed by atoms with E-state index in [0.29, 0.717) is 0 Å². The van der Waals surface area contributed by atoms with Crippen molar-refractivity contribution in [2.75, 3.05) is 25.0 Å². The van der Waals surface area contributed by atoms with E-state index in [1.165, 1.54) is 19.2 Å². The highest BCUT2D eigenvalue weighted by Gasteiger charge is 2.11. The van der Waals surface area contributed by atoms with Crippen LogP contribution in [0.1, 0.15) is 5.56 Å². The summed E-state index contributed by atoms with van der Waals surface area (Å²) in [5, 5.41) is 8.80. The third-order valence-corrected chi connectivity index (χ3v) is 2.96. The van der Waals surface area contributed by atoms with Crippen molar-refractivity contribution in [2.45, 2.75) is 0 Å². The number of nitriles is 1. The zero-order valence-corrected chi connectivity index (χ0v) is 10.1. The summed E-state index contributed by atoms with van der Waals surface area (Å²) in [5.41, 5.74) is 0.518. The van der Waals surface area contributed by atoms with Crippen molar-refractivity contribution >= 4 is 15.9 Å². The topological polar surface area (TPSA) is 91.2 Å². The molecular weight excluding hydrogens is 242 g/mol. The molecule has 0 aliphatic heterocycles. The monoisotopic (exact) mass is 255 g/mol. The lowest BCUT2D eigenvalue weighted by molar-refractivity contribution is 0.204. The number of anilines is 1. The fourth-order valence-corrected chi connectivity index (χ4v) is 2.02. The van der Waals surface area contributed by atoms with Crippen molar-refractivity contribution in [3.63, 3.8) is 0 Å². The van der Waals surface area contributed by atoms with Gasteiger partial charge in [-0.25, -0.2) is 0 Å². The van der Waals surface area contributed by atoms with Crippen LogP contribution in [-0.4, -0.2) is 28.7 Å². The minimum atomic E-state index is -3.67. The number of nitrogens with zero attached hydrogens (tertiary/aromatic N) is 1. The molecule has 17 heavy (non-hydrogen) atoms. The first-order chi connectivity index (χ1) is 8.09. The Morgan fingerprint density at radius 1 is 1.41 bits per heavy atom. The van der Waals surface area contributed by atoms with Gasteiger partial charge in [0.2, 0.25) is 0 Å². The maximum absolute atomic E-state index is 11.6. The van der Waals surface area contributed by atoms with E-state index in [1.807, 2.05) is 6.07 Å². The number of methoxy groups -OCH3 is 1. The van der Waals surface area contributed by atoms with E-state index < -0.39 is 10.2 Å². The molecule has 0 bridgehead atoms. The predicted octanol–water partition coefficient (Wildman–Crippen LogP) is 0.451. The van der Waals surface area contributed by atoms with Gasteiger partial charge in [0, 0.05) is 13.7 Å². The summed E-state index contributed by atoms with van der Waals surface area (Å²) in [6.07, 6.45) is 0. The third-order valence-electron chi connectivity index (χ3n) is 1.89. The second-order valence-corrected chi connectivity index (χ2v) is 4.65. The fourth-order valence-electron chi connectivity index (χ4n) is 1.13. The van der Waals surface area contributed by atoms with Gasteiger partial charge < -0.3 is 4.74 Å². The van der Waals surface area contributed by atoms with Crippen molar-refractivity contribution in [1.82, 2.24) is 4.72 Å². The lowest BCUT2D eigenvalue weighted by atomic mass is 10.2. The zero-order valence-electron chi connectivity index (χ0n) is 9.30. The van der Waals surface area contributed by atoms with E-state index in [-0.39, 0.29) is 24.4 Å². The number of ether oxygens (including phenoxy) is 1. The zero-order chi connectivity index (χ0) is 12.7. The van der Waals surface area contributed by atoms with Gasteiger partial charge in [0.05, 0.1) is 17.9 Å². The van der Waals surface area contributed by atoms with Crippen LogP contribution < -0.4 is 9.44 Å². The number of rotatable bonds is 6. The molecule has 0 atom stereocenters. The molecule has 0 saturated carbocycles. The normalized spacial score (nSPS) is 10.8. The minimum absolute atomic E-state index is 0.167. The Balaban J connectivity index is 2.73. The fraction of sp³-hybridized carbons (Fsp3) is 0.300. The predicted molar refractivity (Wildman–Crippen MR) is 63.6 cm³/mol. The van der Waals surface area contributed by atoms with Crippen LogP contribution in [0.4, 0.5) is 5.69 Å². The highest BCUT2D eigenvalue weighted by molar-refractivity contribution is 7.90. The van der Waals surface area contributed by atoms with Crippen LogP contribution in [0.25, 0.3) is 0 Å². The van der Waals surface area contributed by atoms with Gasteiger partial charge in [0.25, 0.3) is 10.2 Å². The van der Waals surface area contributed by atoms with Crippen LogP contribution >= 0.6 is 0 Å². The number of benzene rings is 1. The van der Waals surface area contributed by atoms with E-state index in [9.17, 15) is 8.42 Å². The van der Waals surface area contributed by atoms with Gasteiger partial charge in [-0.2, -0.15) is 18.4 Å². The Morgan fingerprint density at radius 2 is 2.12 bits per heavy atom. The molecule has 0 unspecified atom stereocenters. The smallest absolute Gasteiger partial charge is 0.299 e. The molecule has 7 heteroatoms. The van der Waals surface area contributed by atoms with E-state index in [1.54, 1.807) is 12.1 Å². The van der Waals surface area contributed by atoms with Crippen molar-refractivity contribution in [3.8, 4) is 6.07 Å². The highest BCUT2D eigenvalue weighted by Crippen LogP contribution is 2.14. The van der Waals surface area contributed by atoms with Crippen LogP contribution in [0, 0.1) is 11.3 Å². The summed E-state index contributed by atoms with van der Waals surface area (Å²) in [5.74, 6) is 0. The molecule has 0 heterocycles. The molecule has 92 valence electrons. The molecule has 1 aromatic carbocycles. The number of nitrogens with one attached hydrogen (secondary N) is 2. The number of hydrogen-bond acceptors (Lipinski definition) is 4. The Labute approximate surface area is 100 Å². The van der Waals surface area contributed by atoms with Gasteiger partial charge >= 0.3 is 0 Å². The standard InChI is InChI=1S/C10H13N3O3S/c1-16-7-6-12-17(14,15)13-10-5-3-2-4-9(10)8-11/h2-5,12-13H,6-7H2,1H3. The quantitative estimate of drug-likeness (QED) is 0.722. The second-order valence-electron chi connectivity index (χ2n) is 3.15. The van der Waals surface area contributed by atoms with Crippen molar-refractivity contribution in [1.29, 1.82) is 5.26 Å². The van der Waals surface area contributed by atoms with E-state index in [4.69, 9.17) is 10.00 Å². The van der Waals surface area contributed by atoms with Crippen LogP contribution in [-0.2, 0) is 14.9 Å². The van der Waals surface area contributed by atoms with Gasteiger partial charge in [-0.3, -0.25) is 4.72 Å². The first-order valence-corrected chi connectivity index (χ1v) is 6.33. The summed E-state index contributed by atoms with van der Waals surface area (Å²) in [6.45, 7) is 0.446. The maximum Gasteiger partial charge on any atom is 0.299 e. The van der Waals surface area contributed by atoms with Gasteiger partial charge in [-0.1, -0.05) is 12.1 Å². The molecule has 0 spiro atoms. The highest BCUT2D eigenvalue weighted by atomic mass is 32.2. The molecule has 1 aromatic rings. The molecule has 0 aliphatic rings. The maximum atomic E-state index is 11.6. The Bertz CT molecular complexity index is 508. The van der Waals surface area contributed by atoms with E-state index in [2.05, 4.69) is 9.44 Å². The molecule has 1 rings (SSSR count). The van der Waals surface area contributed by atoms with Crippen LogP contribution in [0.2, 0.25) is 0 Å². The number of para-hydroxylation sites is 1. The van der Waals surface area contributed by atoms with E-state index >= 15 is 0 Å². The largest absolute Gasteiger partial charge is 0.383 e. The summed E-state index contributed by atoms with van der Waals surface area (Å²) in [4.78, 5) is 0. The molecular formula is C10H13N3O3S. The van der Waals surface area contributed by atoms with Crippen LogP contribution in [0.5, 0.6) is 0 Å². The summed E-state index contributed by atoms with van der Waals surface area (Å²) in [7, 11) is -2.19. The average molecular weight is 255 g/mol. The summed E-state index contributed by atoms with van der Waals surface area (Å²) in [6, 6.07) is 8.27. The first-order valence-electron chi connectivity index (χ1n) is 4.84. The number of hydrogen-bond donors (Lipinski definition) is 2. The molecule has 0 saturated heterocycles. The minimum Gasteiger partial charge on any atom is -0.383 e. The van der Waals surface area contributed by atoms with Gasteiger partial charge in [-0.05, 0) is 12.1 Å². The Kier molecular flexibility index (Phi) is 4.90. The van der Waals surface area contributed by atoms with Gasteiger partial charge in [0.1, 0.15) is 6.07 Å². The molecule has 0 fully saturated rings. The molecule has 0 aliphatic carbocycles. The van der Waals surface area contributed by atoms with E-state index in [0.717, 1.165) is 0 Å². The average Bonchev–Trinajstić information content (AvgIpc) is 2.29. The lowest BCUT2D eigenvalue weighted by Gasteiger charge is -2.09. The van der Waals surface area contributed by atoms with Crippen molar-refractivity contribution in [3.05, 3.63) is 29.8 Å². The molecule has 0 amide bonds. The van der Waals surface area contributed by atoms with Gasteiger partial charge in [-0.15, -0.1) is 0 Å². The van der Waals surface area contributed by atoms with Crippen molar-refractivity contribution < 1.29 is 13.2 Å². The molecule has 2 N–H and O–H groups in total. The van der Waals surface area contributed by atoms with Crippen LogP contribution in [0.3, 0.4) is 0 Å². The van der Waals surface area contributed by atoms with Gasteiger partial charge in [0.15, 0.2) is 0 Å². The Morgan fingerprint density at radius 3 is 2.76 bits per heavy atom. The van der Waals surface area contributed by atoms with Crippen molar-refractivity contribution in [2.24, 2.45) is 0 Å². The SMILES string of the molecule is COCCNS(=O)(=O)Nc1ccccc1C#N. The molecule has 6 nitrogen and oxygen atoms in total. The lowest BCUT2D eigenvalue weighted by Crippen LogP contribution is -2.32. The second kappa shape index (κ2) is 6.20. The first kappa shape index (κ1) is 13.4. The Hall–Kier alpha value is -1.62. The summed E-state index contributed by atoms with van der Waals surface area (Å²) >= 11 is 0.